The van der Waals surface area contributed by atoms with Crippen LogP contribution in [-0.4, -0.2) is 11.9 Å². The van der Waals surface area contributed by atoms with Gasteiger partial charge in [-0.3, -0.25) is 0 Å². The van der Waals surface area contributed by atoms with Crippen molar-refractivity contribution < 1.29 is 32.7 Å². The molecule has 0 saturated heterocycles. The second-order valence-electron chi connectivity index (χ2n) is 2.33. The summed E-state index contributed by atoms with van der Waals surface area (Å²) in [6.45, 7) is 5.96. The van der Waals surface area contributed by atoms with Crippen LogP contribution < -0.4 is 0 Å². The largest absolute Gasteiger partial charge is 0.463 e. The van der Waals surface area contributed by atoms with Crippen LogP contribution in [0.25, 0.3) is 0 Å². The predicted molar refractivity (Wildman–Crippen MR) is 51.4 cm³/mol. The summed E-state index contributed by atoms with van der Waals surface area (Å²) < 4.78 is 1.10. The van der Waals surface area contributed by atoms with Crippen LogP contribution in [0.3, 0.4) is 0 Å². The normalized spacial score (nSPS) is 17.0. The summed E-state index contributed by atoms with van der Waals surface area (Å²) in [4.78, 5) is 1.92. The van der Waals surface area contributed by atoms with Crippen molar-refractivity contribution in [3.63, 3.8) is 0 Å². The average molecular weight is 335 g/mol. The molecule has 0 aliphatic carbocycles. The Balaban J connectivity index is 0.000001000. The first-order valence-corrected chi connectivity index (χ1v) is 4.09. The summed E-state index contributed by atoms with van der Waals surface area (Å²) in [6.07, 6.45) is 5.14. The summed E-state index contributed by atoms with van der Waals surface area (Å²) in [6, 6.07) is 0. The Morgan fingerprint density at radius 2 is 2.18 bits per heavy atom. The quantitative estimate of drug-likeness (QED) is 0.486. The molecule has 57 valence electrons. The molecule has 1 radical (unpaired) electrons. The van der Waals surface area contributed by atoms with E-state index in [1.165, 1.54) is 5.57 Å². The van der Waals surface area contributed by atoms with Crippen molar-refractivity contribution in [2.45, 2.75) is 6.92 Å². The molecule has 3 heteroatoms. The monoisotopic (exact) mass is 335 g/mol. The van der Waals surface area contributed by atoms with E-state index in [0.717, 1.165) is 9.15 Å². The minimum absolute atomic E-state index is 0. The molecule has 0 saturated carbocycles. The fraction of sp³-hybridized carbons (Fsp3) is 0.250. The molecule has 0 amide bonds. The van der Waals surface area contributed by atoms with Gasteiger partial charge >= 0.3 is 0 Å². The summed E-state index contributed by atoms with van der Waals surface area (Å²) in [5.41, 5.74) is 2.30. The van der Waals surface area contributed by atoms with E-state index in [2.05, 4.69) is 42.3 Å². The van der Waals surface area contributed by atoms with Gasteiger partial charge in [-0.1, -0.05) is 39.3 Å². The predicted octanol–water partition coefficient (Wildman–Crippen LogP) is 2.47. The van der Waals surface area contributed by atoms with E-state index in [4.69, 9.17) is 0 Å². The van der Waals surface area contributed by atoms with Crippen LogP contribution in [0.5, 0.6) is 0 Å². The van der Waals surface area contributed by atoms with Gasteiger partial charge in [0.25, 0.3) is 0 Å². The number of nitrogens with zero attached hydrogens (tertiary/aromatic N) is 1. The van der Waals surface area contributed by atoms with Gasteiger partial charge in [0.15, 0.2) is 0 Å². The maximum Gasteiger partial charge on any atom is 0 e. The maximum absolute atomic E-state index is 3.91. The summed E-state index contributed by atoms with van der Waals surface area (Å²) in [5.74, 6) is 0. The smallest absolute Gasteiger partial charge is 0 e. The summed E-state index contributed by atoms with van der Waals surface area (Å²) in [7, 11) is 1.97. The summed E-state index contributed by atoms with van der Waals surface area (Å²) >= 11 is 2.24. The Labute approximate surface area is 107 Å². The van der Waals surface area contributed by atoms with Crippen LogP contribution in [0, 0.1) is 6.20 Å². The molecule has 0 fully saturated rings. The van der Waals surface area contributed by atoms with Gasteiger partial charge in [0, 0.05) is 32.7 Å². The van der Waals surface area contributed by atoms with Crippen LogP contribution in [0.2, 0.25) is 0 Å². The fourth-order valence-corrected chi connectivity index (χ4v) is 1.60. The molecule has 11 heavy (non-hydrogen) atoms. The molecule has 1 heterocycles. The van der Waals surface area contributed by atoms with Gasteiger partial charge in [-0.25, -0.2) is 0 Å². The molecule has 1 nitrogen and oxygen atoms in total. The molecular weight excluding hydrogens is 326 g/mol. The van der Waals surface area contributed by atoms with Crippen molar-refractivity contribution in [1.82, 2.24) is 4.90 Å². The first-order valence-electron chi connectivity index (χ1n) is 3.01. The molecule has 0 spiro atoms. The number of hydrogen-bond acceptors (Lipinski definition) is 1. The fourth-order valence-electron chi connectivity index (χ4n) is 0.796. The first-order chi connectivity index (χ1) is 4.61. The van der Waals surface area contributed by atoms with E-state index in [1.54, 1.807) is 0 Å². The van der Waals surface area contributed by atoms with E-state index in [1.807, 2.05) is 18.1 Å². The van der Waals surface area contributed by atoms with Crippen LogP contribution in [0.15, 0.2) is 27.5 Å². The van der Waals surface area contributed by atoms with Crippen molar-refractivity contribution in [2.75, 3.05) is 7.05 Å². The third kappa shape index (κ3) is 3.00. The van der Waals surface area contributed by atoms with E-state index in [-0.39, 0.29) is 32.7 Å². The van der Waals surface area contributed by atoms with Gasteiger partial charge in [-0.2, -0.15) is 0 Å². The number of halogens is 1. The average Bonchev–Trinajstić information content (AvgIpc) is 1.82. The zero-order valence-electron chi connectivity index (χ0n) is 6.69. The van der Waals surface area contributed by atoms with Crippen LogP contribution >= 0.6 is 22.6 Å². The Kier molecular flexibility index (Phi) is 5.15. The van der Waals surface area contributed by atoms with Gasteiger partial charge in [-0.05, 0) is 7.05 Å². The van der Waals surface area contributed by atoms with E-state index < -0.39 is 0 Å². The van der Waals surface area contributed by atoms with Crippen molar-refractivity contribution in [2.24, 2.45) is 0 Å². The van der Waals surface area contributed by atoms with E-state index in [0.29, 0.717) is 0 Å². The molecule has 1 rings (SSSR count). The molecular formula is C8H9INY-. The molecule has 0 N–H and O–H groups in total. The minimum atomic E-state index is 0. The molecule has 0 aromatic carbocycles. The van der Waals surface area contributed by atoms with Crippen molar-refractivity contribution >= 4 is 22.6 Å². The number of allylic oxidation sites excluding steroid dienone is 3. The molecule has 1 aliphatic rings. The van der Waals surface area contributed by atoms with Gasteiger partial charge in [0.05, 0.1) is 0 Å². The van der Waals surface area contributed by atoms with Gasteiger partial charge < -0.3 is 4.90 Å². The van der Waals surface area contributed by atoms with Crippen molar-refractivity contribution in [3.05, 3.63) is 33.7 Å². The Morgan fingerprint density at radius 3 is 2.64 bits per heavy atom. The second kappa shape index (κ2) is 4.78. The Morgan fingerprint density at radius 1 is 1.64 bits per heavy atom. The van der Waals surface area contributed by atoms with E-state index >= 15 is 0 Å². The van der Waals surface area contributed by atoms with Crippen LogP contribution in [0.1, 0.15) is 6.92 Å². The van der Waals surface area contributed by atoms with Crippen LogP contribution in [-0.2, 0) is 32.7 Å². The first kappa shape index (κ1) is 11.9. The van der Waals surface area contributed by atoms with Crippen molar-refractivity contribution in [3.8, 4) is 0 Å². The molecule has 0 bridgehead atoms. The zero-order valence-corrected chi connectivity index (χ0v) is 11.7. The number of hydrogen-bond donors (Lipinski definition) is 0. The SMILES string of the molecule is C=C1C(I)=[C-]N(C)C=C1C.[Y]. The molecule has 0 aromatic heterocycles. The molecule has 0 aromatic rings. The summed E-state index contributed by atoms with van der Waals surface area (Å²) in [5, 5.41) is 0. The third-order valence-electron chi connectivity index (χ3n) is 1.40. The topological polar surface area (TPSA) is 3.24 Å². The third-order valence-corrected chi connectivity index (χ3v) is 2.30. The molecule has 0 atom stereocenters. The Hall–Kier alpha value is 0.854. The van der Waals surface area contributed by atoms with Gasteiger partial charge in [0.2, 0.25) is 0 Å². The van der Waals surface area contributed by atoms with Gasteiger partial charge in [-0.15, -0.1) is 23.9 Å². The van der Waals surface area contributed by atoms with Crippen LogP contribution in [0.4, 0.5) is 0 Å². The maximum atomic E-state index is 3.91. The Bertz CT molecular complexity index is 208. The zero-order chi connectivity index (χ0) is 7.72. The van der Waals surface area contributed by atoms with Gasteiger partial charge in [0.1, 0.15) is 0 Å². The second-order valence-corrected chi connectivity index (χ2v) is 3.41. The molecule has 0 unspecified atom stereocenters. The minimum Gasteiger partial charge on any atom is -0.463 e. The van der Waals surface area contributed by atoms with E-state index in [9.17, 15) is 0 Å². The standard InChI is InChI=1S/C8H9IN.Y/c1-6-4-10(3)5-8(9)7(6)2;/h4H,2H2,1,3H3;/q-1;. The van der Waals surface area contributed by atoms with Crippen molar-refractivity contribution in [1.29, 1.82) is 0 Å². The molecule has 1 aliphatic heterocycles. The number of rotatable bonds is 0.